The van der Waals surface area contributed by atoms with Gasteiger partial charge in [0.15, 0.2) is 17.0 Å². The molecule has 0 aromatic carbocycles. The first-order chi connectivity index (χ1) is 13.4. The fourth-order valence-electron chi connectivity index (χ4n) is 2.69. The maximum Gasteiger partial charge on any atom is 0.346 e. The van der Waals surface area contributed by atoms with Gasteiger partial charge in [-0.15, -0.1) is 11.8 Å². The number of carbonyl (C=O) groups excluding carboxylic acids is 1. The van der Waals surface area contributed by atoms with Crippen molar-refractivity contribution < 1.29 is 14.3 Å². The van der Waals surface area contributed by atoms with E-state index in [1.165, 1.54) is 18.1 Å². The van der Waals surface area contributed by atoms with Crippen LogP contribution >= 0.6 is 11.8 Å². The molecule has 0 unspecified atom stereocenters. The molecule has 0 aliphatic carbocycles. The number of carbonyl (C=O) groups is 1. The molecule has 0 N–H and O–H groups in total. The standard InChI is InChI=1S/C18H27N5O3SSi/c1-5-26-18(24)14-10-22(6-8-27-14)16-15-17(20-11-19-16)23(12-21-15)13-25-7-9-28(2,3)4/h10-12H,5-9,13H2,1-4H3. The molecular weight excluding hydrogens is 394 g/mol. The lowest BCUT2D eigenvalue weighted by molar-refractivity contribution is -0.137. The molecule has 8 nitrogen and oxygen atoms in total. The Balaban J connectivity index is 1.77. The van der Waals surface area contributed by atoms with Gasteiger partial charge < -0.3 is 14.4 Å². The average Bonchev–Trinajstić information content (AvgIpc) is 3.08. The lowest BCUT2D eigenvalue weighted by Crippen LogP contribution is -2.26. The summed E-state index contributed by atoms with van der Waals surface area (Å²) in [5.41, 5.74) is 1.42. The SMILES string of the molecule is CCOC(=O)C1=CN(c2ncnc3c2ncn3COCC[Si](C)(C)C)CCS1. The Labute approximate surface area is 170 Å². The zero-order chi connectivity index (χ0) is 20.1. The average molecular weight is 422 g/mol. The zero-order valence-electron chi connectivity index (χ0n) is 16.8. The second kappa shape index (κ2) is 9.06. The number of anilines is 1. The van der Waals surface area contributed by atoms with Gasteiger partial charge in [0, 0.05) is 33.2 Å². The Morgan fingerprint density at radius 1 is 1.29 bits per heavy atom. The molecule has 0 spiro atoms. The van der Waals surface area contributed by atoms with Crippen molar-refractivity contribution in [3.8, 4) is 0 Å². The molecule has 1 aliphatic rings. The molecule has 10 heteroatoms. The summed E-state index contributed by atoms with van der Waals surface area (Å²) in [6.07, 6.45) is 5.04. The molecule has 0 saturated heterocycles. The minimum absolute atomic E-state index is 0.302. The summed E-state index contributed by atoms with van der Waals surface area (Å²) >= 11 is 1.49. The van der Waals surface area contributed by atoms with E-state index < -0.39 is 8.07 Å². The highest BCUT2D eigenvalue weighted by Gasteiger charge is 2.22. The van der Waals surface area contributed by atoms with Crippen LogP contribution in [-0.4, -0.2) is 59.1 Å². The number of fused-ring (bicyclic) bond motifs is 1. The molecule has 152 valence electrons. The van der Waals surface area contributed by atoms with Gasteiger partial charge in [-0.2, -0.15) is 0 Å². The van der Waals surface area contributed by atoms with Gasteiger partial charge in [-0.05, 0) is 13.0 Å². The number of nitrogens with zero attached hydrogens (tertiary/aromatic N) is 5. The summed E-state index contributed by atoms with van der Waals surface area (Å²) in [4.78, 5) is 27.9. The molecule has 2 aromatic heterocycles. The Hall–Kier alpha value is -1.91. The number of esters is 1. The molecule has 0 saturated carbocycles. The maximum absolute atomic E-state index is 12.1. The number of hydrogen-bond acceptors (Lipinski definition) is 8. The van der Waals surface area contributed by atoms with Gasteiger partial charge in [0.05, 0.1) is 12.9 Å². The first-order valence-electron chi connectivity index (χ1n) is 9.41. The summed E-state index contributed by atoms with van der Waals surface area (Å²) in [5.74, 6) is 1.16. The quantitative estimate of drug-likeness (QED) is 0.365. The van der Waals surface area contributed by atoms with Crippen molar-refractivity contribution in [1.29, 1.82) is 0 Å². The van der Waals surface area contributed by atoms with Crippen LogP contribution in [0.4, 0.5) is 5.82 Å². The van der Waals surface area contributed by atoms with Crippen LogP contribution in [0.3, 0.4) is 0 Å². The van der Waals surface area contributed by atoms with E-state index >= 15 is 0 Å². The van der Waals surface area contributed by atoms with Crippen molar-refractivity contribution in [2.45, 2.75) is 39.3 Å². The van der Waals surface area contributed by atoms with Crippen molar-refractivity contribution >= 4 is 42.8 Å². The fourth-order valence-corrected chi connectivity index (χ4v) is 4.34. The van der Waals surface area contributed by atoms with Crippen LogP contribution in [-0.2, 0) is 21.0 Å². The minimum atomic E-state index is -1.11. The van der Waals surface area contributed by atoms with E-state index in [0.29, 0.717) is 29.6 Å². The third-order valence-electron chi connectivity index (χ3n) is 4.22. The Kier molecular flexibility index (Phi) is 6.73. The summed E-state index contributed by atoms with van der Waals surface area (Å²) in [6, 6.07) is 1.12. The molecule has 3 rings (SSSR count). The van der Waals surface area contributed by atoms with Crippen LogP contribution < -0.4 is 4.90 Å². The largest absolute Gasteiger partial charge is 0.462 e. The number of aromatic nitrogens is 4. The number of imidazole rings is 1. The van der Waals surface area contributed by atoms with Crippen LogP contribution in [0.25, 0.3) is 11.2 Å². The maximum atomic E-state index is 12.1. The van der Waals surface area contributed by atoms with Gasteiger partial charge in [0.1, 0.15) is 18.0 Å². The lowest BCUT2D eigenvalue weighted by Gasteiger charge is -2.24. The van der Waals surface area contributed by atoms with Crippen molar-refractivity contribution in [1.82, 2.24) is 19.5 Å². The van der Waals surface area contributed by atoms with Crippen molar-refractivity contribution in [2.24, 2.45) is 0 Å². The van der Waals surface area contributed by atoms with E-state index in [9.17, 15) is 4.79 Å². The first kappa shape index (κ1) is 20.8. The first-order valence-corrected chi connectivity index (χ1v) is 14.1. The van der Waals surface area contributed by atoms with E-state index in [2.05, 4.69) is 34.6 Å². The number of thioether (sulfide) groups is 1. The Morgan fingerprint density at radius 2 is 2.11 bits per heavy atom. The minimum Gasteiger partial charge on any atom is -0.462 e. The highest BCUT2D eigenvalue weighted by atomic mass is 32.2. The lowest BCUT2D eigenvalue weighted by atomic mass is 10.4. The predicted molar refractivity (Wildman–Crippen MR) is 114 cm³/mol. The number of rotatable bonds is 8. The zero-order valence-corrected chi connectivity index (χ0v) is 18.7. The van der Waals surface area contributed by atoms with Gasteiger partial charge >= 0.3 is 5.97 Å². The molecule has 0 bridgehead atoms. The molecule has 0 amide bonds. The molecule has 0 fully saturated rings. The van der Waals surface area contributed by atoms with E-state index in [1.54, 1.807) is 19.5 Å². The summed E-state index contributed by atoms with van der Waals surface area (Å²) in [7, 11) is -1.11. The van der Waals surface area contributed by atoms with Gasteiger partial charge in [-0.25, -0.2) is 19.7 Å². The highest BCUT2D eigenvalue weighted by Crippen LogP contribution is 2.29. The summed E-state index contributed by atoms with van der Waals surface area (Å²) in [5, 5.41) is 0. The molecular formula is C18H27N5O3SSi. The summed E-state index contributed by atoms with van der Waals surface area (Å²) in [6.45, 7) is 11.0. The second-order valence-corrected chi connectivity index (χ2v) is 14.4. The van der Waals surface area contributed by atoms with Crippen molar-refractivity contribution in [3.05, 3.63) is 23.8 Å². The Morgan fingerprint density at radius 3 is 2.86 bits per heavy atom. The number of hydrogen-bond donors (Lipinski definition) is 0. The van der Waals surface area contributed by atoms with Gasteiger partial charge in [0.25, 0.3) is 0 Å². The van der Waals surface area contributed by atoms with Gasteiger partial charge in [0.2, 0.25) is 0 Å². The molecule has 2 aromatic rings. The highest BCUT2D eigenvalue weighted by molar-refractivity contribution is 8.04. The number of ether oxygens (including phenoxy) is 2. The topological polar surface area (TPSA) is 82.4 Å². The van der Waals surface area contributed by atoms with Crippen LogP contribution in [0.5, 0.6) is 0 Å². The molecule has 0 atom stereocenters. The van der Waals surface area contributed by atoms with E-state index in [1.807, 2.05) is 9.47 Å². The fraction of sp³-hybridized carbons (Fsp3) is 0.556. The van der Waals surface area contributed by atoms with Crippen LogP contribution in [0.1, 0.15) is 6.92 Å². The van der Waals surface area contributed by atoms with Crippen LogP contribution in [0.15, 0.2) is 23.8 Å². The predicted octanol–water partition coefficient (Wildman–Crippen LogP) is 3.10. The van der Waals surface area contributed by atoms with E-state index in [-0.39, 0.29) is 5.97 Å². The summed E-state index contributed by atoms with van der Waals surface area (Å²) < 4.78 is 12.8. The van der Waals surface area contributed by atoms with E-state index in [0.717, 1.165) is 30.6 Å². The van der Waals surface area contributed by atoms with Gasteiger partial charge in [-0.1, -0.05) is 19.6 Å². The van der Waals surface area contributed by atoms with Crippen LogP contribution in [0.2, 0.25) is 25.7 Å². The van der Waals surface area contributed by atoms with Crippen LogP contribution in [0, 0.1) is 0 Å². The normalized spacial score (nSPS) is 15.0. The molecule has 3 heterocycles. The third kappa shape index (κ3) is 5.12. The van der Waals surface area contributed by atoms with Gasteiger partial charge in [-0.3, -0.25) is 4.57 Å². The molecule has 28 heavy (non-hydrogen) atoms. The van der Waals surface area contributed by atoms with Crippen molar-refractivity contribution in [3.63, 3.8) is 0 Å². The monoisotopic (exact) mass is 421 g/mol. The van der Waals surface area contributed by atoms with Crippen molar-refractivity contribution in [2.75, 3.05) is 30.4 Å². The third-order valence-corrected chi connectivity index (χ3v) is 6.89. The molecule has 1 aliphatic heterocycles. The molecule has 0 radical (unpaired) electrons. The van der Waals surface area contributed by atoms with E-state index in [4.69, 9.17) is 9.47 Å². The second-order valence-electron chi connectivity index (χ2n) is 7.69. The smallest absolute Gasteiger partial charge is 0.346 e. The Bertz CT molecular complexity index is 865.